The molecule has 0 bridgehead atoms. The van der Waals surface area contributed by atoms with E-state index in [1.165, 1.54) is 5.56 Å². The molecule has 0 unspecified atom stereocenters. The molecular weight excluding hydrogens is 252 g/mol. The second kappa shape index (κ2) is 7.05. The summed E-state index contributed by atoms with van der Waals surface area (Å²) >= 11 is 0. The molecule has 2 aromatic rings. The molecule has 0 radical (unpaired) electrons. The number of rotatable bonds is 7. The highest BCUT2D eigenvalue weighted by atomic mass is 16.5. The molecule has 0 spiro atoms. The molecule has 0 saturated carbocycles. The molecule has 0 aliphatic heterocycles. The van der Waals surface area contributed by atoms with Gasteiger partial charge in [-0.3, -0.25) is 4.68 Å². The van der Waals surface area contributed by atoms with Crippen LogP contribution in [0.25, 0.3) is 0 Å². The van der Waals surface area contributed by atoms with E-state index in [2.05, 4.69) is 27.5 Å². The Hall–Kier alpha value is -1.88. The van der Waals surface area contributed by atoms with Gasteiger partial charge in [0.05, 0.1) is 6.10 Å². The number of hydrogen-bond donors (Lipinski definition) is 1. The lowest BCUT2D eigenvalue weighted by Gasteiger charge is -2.11. The highest BCUT2D eigenvalue weighted by Crippen LogP contribution is 2.14. The number of aromatic nitrogens is 3. The second-order valence-corrected chi connectivity index (χ2v) is 5.08. The third-order valence-corrected chi connectivity index (χ3v) is 2.77. The van der Waals surface area contributed by atoms with E-state index >= 15 is 0 Å². The predicted molar refractivity (Wildman–Crippen MR) is 78.6 cm³/mol. The number of nitrogens with one attached hydrogen (secondary N) is 1. The van der Waals surface area contributed by atoms with E-state index in [0.717, 1.165) is 31.1 Å². The molecule has 1 aromatic carbocycles. The molecule has 1 aromatic heterocycles. The molecule has 0 aliphatic carbocycles. The SMILES string of the molecule is CC(C)Oc1cccc(CNCCc2ncn(C)n2)c1. The van der Waals surface area contributed by atoms with Crippen LogP contribution in [-0.2, 0) is 20.0 Å². The zero-order chi connectivity index (χ0) is 14.4. The summed E-state index contributed by atoms with van der Waals surface area (Å²) in [5.74, 6) is 1.79. The van der Waals surface area contributed by atoms with Crippen molar-refractivity contribution in [1.82, 2.24) is 20.1 Å². The fourth-order valence-corrected chi connectivity index (χ4v) is 1.93. The van der Waals surface area contributed by atoms with Crippen molar-refractivity contribution in [3.8, 4) is 5.75 Å². The molecule has 0 fully saturated rings. The van der Waals surface area contributed by atoms with E-state index < -0.39 is 0 Å². The lowest BCUT2D eigenvalue weighted by atomic mass is 10.2. The van der Waals surface area contributed by atoms with Gasteiger partial charge in [-0.25, -0.2) is 4.98 Å². The number of nitrogens with zero attached hydrogens (tertiary/aromatic N) is 3. The Labute approximate surface area is 120 Å². The molecule has 0 saturated heterocycles. The smallest absolute Gasteiger partial charge is 0.151 e. The van der Waals surface area contributed by atoms with Gasteiger partial charge < -0.3 is 10.1 Å². The van der Waals surface area contributed by atoms with Crippen molar-refractivity contribution < 1.29 is 4.74 Å². The predicted octanol–water partition coefficient (Wildman–Crippen LogP) is 1.93. The number of benzene rings is 1. The van der Waals surface area contributed by atoms with Crippen LogP contribution in [0.1, 0.15) is 25.2 Å². The first-order valence-corrected chi connectivity index (χ1v) is 6.94. The van der Waals surface area contributed by atoms with Crippen molar-refractivity contribution in [2.24, 2.45) is 7.05 Å². The van der Waals surface area contributed by atoms with E-state index in [-0.39, 0.29) is 6.10 Å². The Kier molecular flexibility index (Phi) is 5.12. The quantitative estimate of drug-likeness (QED) is 0.784. The minimum atomic E-state index is 0.202. The Morgan fingerprint density at radius 3 is 2.90 bits per heavy atom. The third-order valence-electron chi connectivity index (χ3n) is 2.77. The summed E-state index contributed by atoms with van der Waals surface area (Å²) in [4.78, 5) is 4.20. The van der Waals surface area contributed by atoms with Gasteiger partial charge in [0.1, 0.15) is 12.1 Å². The molecule has 0 amide bonds. The fraction of sp³-hybridized carbons (Fsp3) is 0.467. The second-order valence-electron chi connectivity index (χ2n) is 5.08. The molecule has 1 heterocycles. The van der Waals surface area contributed by atoms with Crippen LogP contribution in [0.3, 0.4) is 0 Å². The minimum Gasteiger partial charge on any atom is -0.491 e. The zero-order valence-corrected chi connectivity index (χ0v) is 12.3. The van der Waals surface area contributed by atoms with Gasteiger partial charge in [-0.2, -0.15) is 5.10 Å². The summed E-state index contributed by atoms with van der Waals surface area (Å²) in [6.45, 7) is 5.75. The Morgan fingerprint density at radius 1 is 1.35 bits per heavy atom. The van der Waals surface area contributed by atoms with Gasteiger partial charge in [-0.1, -0.05) is 12.1 Å². The van der Waals surface area contributed by atoms with Crippen LogP contribution < -0.4 is 10.1 Å². The molecule has 5 heteroatoms. The Balaban J connectivity index is 1.76. The Morgan fingerprint density at radius 2 is 2.20 bits per heavy atom. The summed E-state index contributed by atoms with van der Waals surface area (Å²) in [7, 11) is 1.88. The van der Waals surface area contributed by atoms with Crippen molar-refractivity contribution in [1.29, 1.82) is 0 Å². The average molecular weight is 274 g/mol. The lowest BCUT2D eigenvalue weighted by Crippen LogP contribution is -2.17. The van der Waals surface area contributed by atoms with Crippen LogP contribution in [-0.4, -0.2) is 27.4 Å². The van der Waals surface area contributed by atoms with Gasteiger partial charge >= 0.3 is 0 Å². The van der Waals surface area contributed by atoms with Gasteiger partial charge in [0.15, 0.2) is 5.82 Å². The number of ether oxygens (including phenoxy) is 1. The van der Waals surface area contributed by atoms with Gasteiger partial charge in [0.25, 0.3) is 0 Å². The van der Waals surface area contributed by atoms with Crippen LogP contribution in [0.2, 0.25) is 0 Å². The van der Waals surface area contributed by atoms with Crippen LogP contribution in [0.15, 0.2) is 30.6 Å². The van der Waals surface area contributed by atoms with Crippen LogP contribution >= 0.6 is 0 Å². The third kappa shape index (κ3) is 4.66. The summed E-state index contributed by atoms with van der Waals surface area (Å²) in [5.41, 5.74) is 1.22. The molecule has 1 N–H and O–H groups in total. The minimum absolute atomic E-state index is 0.202. The molecular formula is C15H22N4O. The van der Waals surface area contributed by atoms with Gasteiger partial charge in [-0.05, 0) is 31.5 Å². The molecule has 5 nitrogen and oxygen atoms in total. The van der Waals surface area contributed by atoms with Crippen molar-refractivity contribution in [2.75, 3.05) is 6.54 Å². The maximum absolute atomic E-state index is 5.68. The van der Waals surface area contributed by atoms with E-state index in [4.69, 9.17) is 4.74 Å². The maximum Gasteiger partial charge on any atom is 0.151 e. The van der Waals surface area contributed by atoms with E-state index in [0.29, 0.717) is 0 Å². The number of aryl methyl sites for hydroxylation is 1. The first-order chi connectivity index (χ1) is 9.63. The maximum atomic E-state index is 5.68. The highest BCUT2D eigenvalue weighted by Gasteiger charge is 2.01. The van der Waals surface area contributed by atoms with Crippen molar-refractivity contribution in [3.63, 3.8) is 0 Å². The summed E-state index contributed by atoms with van der Waals surface area (Å²) in [6, 6.07) is 8.18. The van der Waals surface area contributed by atoms with E-state index in [1.807, 2.05) is 33.0 Å². The highest BCUT2D eigenvalue weighted by molar-refractivity contribution is 5.28. The van der Waals surface area contributed by atoms with Crippen LogP contribution in [0.4, 0.5) is 0 Å². The molecule has 0 atom stereocenters. The van der Waals surface area contributed by atoms with Crippen molar-refractivity contribution in [2.45, 2.75) is 32.9 Å². The first kappa shape index (κ1) is 14.5. The molecule has 20 heavy (non-hydrogen) atoms. The number of hydrogen-bond acceptors (Lipinski definition) is 4. The van der Waals surface area contributed by atoms with Crippen LogP contribution in [0.5, 0.6) is 5.75 Å². The lowest BCUT2D eigenvalue weighted by molar-refractivity contribution is 0.242. The largest absolute Gasteiger partial charge is 0.491 e. The van der Waals surface area contributed by atoms with Gasteiger partial charge in [0.2, 0.25) is 0 Å². The Bertz CT molecular complexity index is 536. The first-order valence-electron chi connectivity index (χ1n) is 6.94. The topological polar surface area (TPSA) is 52.0 Å². The van der Waals surface area contributed by atoms with E-state index in [9.17, 15) is 0 Å². The van der Waals surface area contributed by atoms with Crippen molar-refractivity contribution >= 4 is 0 Å². The molecule has 0 aliphatic rings. The summed E-state index contributed by atoms with van der Waals surface area (Å²) < 4.78 is 7.41. The van der Waals surface area contributed by atoms with Crippen LogP contribution in [0, 0.1) is 0 Å². The average Bonchev–Trinajstić information content (AvgIpc) is 2.80. The van der Waals surface area contributed by atoms with Gasteiger partial charge in [0, 0.05) is 26.6 Å². The zero-order valence-electron chi connectivity index (χ0n) is 12.3. The summed E-state index contributed by atoms with van der Waals surface area (Å²) in [6.07, 6.45) is 2.76. The van der Waals surface area contributed by atoms with Gasteiger partial charge in [-0.15, -0.1) is 0 Å². The normalized spacial score (nSPS) is 11.0. The van der Waals surface area contributed by atoms with E-state index in [1.54, 1.807) is 11.0 Å². The monoisotopic (exact) mass is 274 g/mol. The molecule has 108 valence electrons. The summed E-state index contributed by atoms with van der Waals surface area (Å²) in [5, 5.41) is 7.64. The standard InChI is InChI=1S/C15H22N4O/c1-12(2)20-14-6-4-5-13(9-14)10-16-8-7-15-17-11-19(3)18-15/h4-6,9,11-12,16H,7-8,10H2,1-3H3. The molecule has 2 rings (SSSR count). The van der Waals surface area contributed by atoms with Crippen molar-refractivity contribution in [3.05, 3.63) is 42.0 Å². The fourth-order valence-electron chi connectivity index (χ4n) is 1.93.